The Morgan fingerprint density at radius 1 is 1.40 bits per heavy atom. The number of imidazole rings is 1. The third-order valence-corrected chi connectivity index (χ3v) is 3.49. The highest BCUT2D eigenvalue weighted by atomic mass is 16.1. The fourth-order valence-electron chi connectivity index (χ4n) is 2.72. The van der Waals surface area contributed by atoms with E-state index in [-0.39, 0.29) is 11.7 Å². The Morgan fingerprint density at radius 3 is 2.67 bits per heavy atom. The van der Waals surface area contributed by atoms with Crippen molar-refractivity contribution < 1.29 is 0 Å². The van der Waals surface area contributed by atoms with Crippen LogP contribution in [0.3, 0.4) is 0 Å². The number of nitrogens with zero attached hydrogens (tertiary/aromatic N) is 2. The molecule has 0 spiro atoms. The molecule has 1 aromatic heterocycles. The van der Waals surface area contributed by atoms with Crippen LogP contribution < -0.4 is 5.69 Å². The lowest BCUT2D eigenvalue weighted by molar-refractivity contribution is 0.495. The van der Waals surface area contributed by atoms with E-state index in [0.717, 1.165) is 6.42 Å². The second-order valence-corrected chi connectivity index (χ2v) is 4.93. The zero-order valence-electron chi connectivity index (χ0n) is 10.1. The predicted octanol–water partition coefficient (Wildman–Crippen LogP) is 2.21. The molecule has 0 aliphatic heterocycles. The summed E-state index contributed by atoms with van der Waals surface area (Å²) in [7, 11) is 1.90. The van der Waals surface area contributed by atoms with E-state index < -0.39 is 0 Å². The van der Waals surface area contributed by atoms with E-state index in [1.807, 2.05) is 16.2 Å². The van der Waals surface area contributed by atoms with Gasteiger partial charge in [-0.25, -0.2) is 4.79 Å². The Labute approximate surface area is 90.7 Å². The van der Waals surface area contributed by atoms with E-state index in [1.165, 1.54) is 24.2 Å². The maximum atomic E-state index is 12.1. The van der Waals surface area contributed by atoms with Crippen molar-refractivity contribution in [2.24, 2.45) is 7.05 Å². The fourth-order valence-corrected chi connectivity index (χ4v) is 2.72. The van der Waals surface area contributed by atoms with Gasteiger partial charge in [0.2, 0.25) is 0 Å². The molecular formula is C12H20N2O. The first kappa shape index (κ1) is 10.5. The second-order valence-electron chi connectivity index (χ2n) is 4.93. The Hall–Kier alpha value is -0.990. The number of fused-ring (bicyclic) bond motifs is 1. The molecule has 1 aromatic rings. The van der Waals surface area contributed by atoms with E-state index in [4.69, 9.17) is 0 Å². The maximum absolute atomic E-state index is 12.1. The van der Waals surface area contributed by atoms with Crippen LogP contribution in [-0.2, 0) is 13.5 Å². The van der Waals surface area contributed by atoms with Gasteiger partial charge in [0, 0.05) is 24.5 Å². The van der Waals surface area contributed by atoms with Gasteiger partial charge in [0.05, 0.1) is 0 Å². The van der Waals surface area contributed by atoms with Crippen molar-refractivity contribution in [1.82, 2.24) is 9.13 Å². The lowest BCUT2D eigenvalue weighted by atomic mass is 9.91. The molecule has 2 rings (SSSR count). The van der Waals surface area contributed by atoms with Crippen LogP contribution >= 0.6 is 0 Å². The van der Waals surface area contributed by atoms with E-state index in [0.29, 0.717) is 5.92 Å². The minimum Gasteiger partial charge on any atom is -0.299 e. The molecule has 0 saturated carbocycles. The van der Waals surface area contributed by atoms with Crippen molar-refractivity contribution in [2.75, 3.05) is 0 Å². The van der Waals surface area contributed by atoms with E-state index >= 15 is 0 Å². The summed E-state index contributed by atoms with van der Waals surface area (Å²) in [5.74, 6) is 0.532. The summed E-state index contributed by atoms with van der Waals surface area (Å²) in [5, 5.41) is 0. The molecular weight excluding hydrogens is 188 g/mol. The van der Waals surface area contributed by atoms with Gasteiger partial charge in [-0.15, -0.1) is 0 Å². The second kappa shape index (κ2) is 3.54. The van der Waals surface area contributed by atoms with Crippen LogP contribution in [0.4, 0.5) is 0 Å². The Bertz CT molecular complexity index is 426. The van der Waals surface area contributed by atoms with Crippen LogP contribution in [0.1, 0.15) is 57.0 Å². The smallest absolute Gasteiger partial charge is 0.299 e. The number of hydrogen-bond acceptors (Lipinski definition) is 1. The van der Waals surface area contributed by atoms with E-state index in [2.05, 4.69) is 20.8 Å². The van der Waals surface area contributed by atoms with Crippen molar-refractivity contribution in [1.29, 1.82) is 0 Å². The van der Waals surface area contributed by atoms with Gasteiger partial charge in [0.1, 0.15) is 0 Å². The normalized spacial score (nSPS) is 20.7. The van der Waals surface area contributed by atoms with Gasteiger partial charge >= 0.3 is 5.69 Å². The molecule has 1 aliphatic rings. The summed E-state index contributed by atoms with van der Waals surface area (Å²) in [6.07, 6.45) is 3.48. The first-order chi connectivity index (χ1) is 7.04. The Kier molecular flexibility index (Phi) is 2.49. The first-order valence-electron chi connectivity index (χ1n) is 5.84. The summed E-state index contributed by atoms with van der Waals surface area (Å²) in [5.41, 5.74) is 2.69. The molecule has 0 fully saturated rings. The highest BCUT2D eigenvalue weighted by molar-refractivity contribution is 5.22. The van der Waals surface area contributed by atoms with Gasteiger partial charge in [0.15, 0.2) is 0 Å². The molecule has 3 heteroatoms. The predicted molar refractivity (Wildman–Crippen MR) is 61.4 cm³/mol. The van der Waals surface area contributed by atoms with Crippen molar-refractivity contribution >= 4 is 0 Å². The lowest BCUT2D eigenvalue weighted by Gasteiger charge is -2.22. The standard InChI is InChI=1S/C12H20N2O/c1-8(2)14-11-9(3)6-5-7-10(11)13(4)12(14)15/h8-9H,5-7H2,1-4H3. The lowest BCUT2D eigenvalue weighted by Crippen LogP contribution is -2.25. The molecule has 3 nitrogen and oxygen atoms in total. The largest absolute Gasteiger partial charge is 0.328 e. The zero-order valence-corrected chi connectivity index (χ0v) is 10.1. The molecule has 1 unspecified atom stereocenters. The van der Waals surface area contributed by atoms with Crippen molar-refractivity contribution in [3.8, 4) is 0 Å². The summed E-state index contributed by atoms with van der Waals surface area (Å²) < 4.78 is 3.81. The van der Waals surface area contributed by atoms with Crippen LogP contribution in [0.15, 0.2) is 4.79 Å². The van der Waals surface area contributed by atoms with Crippen LogP contribution in [0.5, 0.6) is 0 Å². The third kappa shape index (κ3) is 1.45. The monoisotopic (exact) mass is 208 g/mol. The van der Waals surface area contributed by atoms with Crippen LogP contribution in [0.2, 0.25) is 0 Å². The highest BCUT2D eigenvalue weighted by Gasteiger charge is 2.26. The van der Waals surface area contributed by atoms with Crippen LogP contribution in [0, 0.1) is 0 Å². The molecule has 0 radical (unpaired) electrons. The van der Waals surface area contributed by atoms with E-state index in [9.17, 15) is 4.79 Å². The van der Waals surface area contributed by atoms with Crippen molar-refractivity contribution in [3.63, 3.8) is 0 Å². The first-order valence-corrected chi connectivity index (χ1v) is 5.84. The van der Waals surface area contributed by atoms with E-state index in [1.54, 1.807) is 0 Å². The van der Waals surface area contributed by atoms with Gasteiger partial charge in [-0.3, -0.25) is 9.13 Å². The Balaban J connectivity index is 2.70. The molecule has 0 bridgehead atoms. The number of rotatable bonds is 1. The molecule has 1 heterocycles. The van der Waals surface area contributed by atoms with Crippen molar-refractivity contribution in [2.45, 2.75) is 52.0 Å². The van der Waals surface area contributed by atoms with Gasteiger partial charge in [-0.05, 0) is 39.0 Å². The average molecular weight is 208 g/mol. The highest BCUT2D eigenvalue weighted by Crippen LogP contribution is 2.31. The summed E-state index contributed by atoms with van der Waals surface area (Å²) in [6.45, 7) is 6.41. The van der Waals surface area contributed by atoms with Crippen LogP contribution in [-0.4, -0.2) is 9.13 Å². The number of hydrogen-bond donors (Lipinski definition) is 0. The quantitative estimate of drug-likeness (QED) is 0.695. The van der Waals surface area contributed by atoms with Gasteiger partial charge in [0.25, 0.3) is 0 Å². The summed E-state index contributed by atoms with van der Waals surface area (Å²) in [4.78, 5) is 12.1. The minimum atomic E-state index is 0.156. The summed E-state index contributed by atoms with van der Waals surface area (Å²) >= 11 is 0. The minimum absolute atomic E-state index is 0.156. The molecule has 1 atom stereocenters. The molecule has 0 saturated heterocycles. The van der Waals surface area contributed by atoms with Crippen molar-refractivity contribution in [3.05, 3.63) is 21.9 Å². The summed E-state index contributed by atoms with van der Waals surface area (Å²) in [6, 6.07) is 0.271. The third-order valence-electron chi connectivity index (χ3n) is 3.49. The molecule has 0 amide bonds. The zero-order chi connectivity index (χ0) is 11.2. The number of aromatic nitrogens is 2. The SMILES string of the molecule is CC1CCCc2c1n(C(C)C)c(=O)n2C. The van der Waals surface area contributed by atoms with Gasteiger partial charge in [-0.1, -0.05) is 6.92 Å². The molecule has 84 valence electrons. The molecule has 1 aliphatic carbocycles. The van der Waals surface area contributed by atoms with Gasteiger partial charge < -0.3 is 0 Å². The van der Waals surface area contributed by atoms with Gasteiger partial charge in [-0.2, -0.15) is 0 Å². The Morgan fingerprint density at radius 2 is 2.07 bits per heavy atom. The van der Waals surface area contributed by atoms with Crippen LogP contribution in [0.25, 0.3) is 0 Å². The molecule has 0 N–H and O–H groups in total. The molecule has 15 heavy (non-hydrogen) atoms. The molecule has 0 aromatic carbocycles. The average Bonchev–Trinajstić information content (AvgIpc) is 2.43. The maximum Gasteiger partial charge on any atom is 0.328 e. The topological polar surface area (TPSA) is 26.9 Å². The fraction of sp³-hybridized carbons (Fsp3) is 0.750.